The summed E-state index contributed by atoms with van der Waals surface area (Å²) >= 11 is 0. The van der Waals surface area contributed by atoms with Crippen LogP contribution in [-0.2, 0) is 0 Å². The Morgan fingerprint density at radius 1 is 0.290 bits per heavy atom. The molecule has 0 bridgehead atoms. The summed E-state index contributed by atoms with van der Waals surface area (Å²) in [7, 11) is 0. The molecule has 0 amide bonds. The minimum Gasteiger partial charge on any atom is -0.456 e. The van der Waals surface area contributed by atoms with Crippen molar-refractivity contribution in [3.63, 3.8) is 0 Å². The minimum absolute atomic E-state index is 0.577. The molecule has 290 valence electrons. The zero-order valence-corrected chi connectivity index (χ0v) is 33.5. The number of para-hydroxylation sites is 3. The highest BCUT2D eigenvalue weighted by Crippen LogP contribution is 2.44. The van der Waals surface area contributed by atoms with Crippen molar-refractivity contribution in [3.05, 3.63) is 218 Å². The van der Waals surface area contributed by atoms with E-state index in [1.807, 2.05) is 48.5 Å². The molecule has 12 aromatic rings. The van der Waals surface area contributed by atoms with Crippen LogP contribution in [0.25, 0.3) is 117 Å². The number of furan rings is 1. The summed E-state index contributed by atoms with van der Waals surface area (Å²) in [5, 5.41) is 4.41. The summed E-state index contributed by atoms with van der Waals surface area (Å²) in [6.07, 6.45) is 0. The van der Waals surface area contributed by atoms with Crippen molar-refractivity contribution >= 4 is 43.7 Å². The maximum Gasteiger partial charge on any atom is 0.164 e. The SMILES string of the molecule is c1ccc(-c2ccc(-c3ccc(-c4nc(-c5ccccc5)nc(-c5cccc6oc7cccc(-c8ccccc8-n8c9ccccc9c9ccccc98)c7c56)n4)cc3)cc2)cc1. The Labute approximate surface area is 357 Å². The van der Waals surface area contributed by atoms with Crippen LogP contribution in [0, 0.1) is 0 Å². The fraction of sp³-hybridized carbons (Fsp3) is 0. The van der Waals surface area contributed by atoms with Gasteiger partial charge in [0.2, 0.25) is 0 Å². The molecule has 0 fully saturated rings. The van der Waals surface area contributed by atoms with Gasteiger partial charge in [-0.1, -0.05) is 188 Å². The van der Waals surface area contributed by atoms with Gasteiger partial charge in [0.1, 0.15) is 11.2 Å². The van der Waals surface area contributed by atoms with Crippen LogP contribution >= 0.6 is 0 Å². The molecule has 12 rings (SSSR count). The third-order valence-electron chi connectivity index (χ3n) is 11.9. The molecule has 5 heteroatoms. The number of fused-ring (bicyclic) bond motifs is 6. The number of hydrogen-bond donors (Lipinski definition) is 0. The zero-order valence-electron chi connectivity index (χ0n) is 33.5. The lowest BCUT2D eigenvalue weighted by Crippen LogP contribution is -2.00. The van der Waals surface area contributed by atoms with E-state index in [2.05, 4.69) is 174 Å². The average molecular weight is 793 g/mol. The number of benzene rings is 9. The minimum atomic E-state index is 0.577. The monoisotopic (exact) mass is 792 g/mol. The van der Waals surface area contributed by atoms with E-state index < -0.39 is 0 Å². The van der Waals surface area contributed by atoms with E-state index in [-0.39, 0.29) is 0 Å². The smallest absolute Gasteiger partial charge is 0.164 e. The molecule has 0 N–H and O–H groups in total. The molecule has 0 aliphatic carbocycles. The molecule has 0 atom stereocenters. The Balaban J connectivity index is 1.02. The first-order chi connectivity index (χ1) is 30.7. The normalized spacial score (nSPS) is 11.5. The highest BCUT2D eigenvalue weighted by molar-refractivity contribution is 6.18. The molecule has 0 saturated heterocycles. The van der Waals surface area contributed by atoms with Crippen LogP contribution in [0.2, 0.25) is 0 Å². The van der Waals surface area contributed by atoms with Gasteiger partial charge in [-0.2, -0.15) is 0 Å². The Morgan fingerprint density at radius 3 is 1.29 bits per heavy atom. The summed E-state index contributed by atoms with van der Waals surface area (Å²) < 4.78 is 9.07. The summed E-state index contributed by atoms with van der Waals surface area (Å²) in [4.78, 5) is 15.5. The van der Waals surface area contributed by atoms with Crippen molar-refractivity contribution in [2.45, 2.75) is 0 Å². The van der Waals surface area contributed by atoms with Gasteiger partial charge in [-0.15, -0.1) is 0 Å². The first-order valence-electron chi connectivity index (χ1n) is 20.9. The Bertz CT molecular complexity index is 3550. The second-order valence-electron chi connectivity index (χ2n) is 15.5. The lowest BCUT2D eigenvalue weighted by atomic mass is 9.95. The van der Waals surface area contributed by atoms with Crippen molar-refractivity contribution in [3.8, 4) is 73.2 Å². The Kier molecular flexibility index (Phi) is 8.42. The molecule has 0 aliphatic rings. The molecule has 3 aromatic heterocycles. The lowest BCUT2D eigenvalue weighted by molar-refractivity contribution is 0.669. The van der Waals surface area contributed by atoms with E-state index in [4.69, 9.17) is 19.4 Å². The highest BCUT2D eigenvalue weighted by Gasteiger charge is 2.22. The van der Waals surface area contributed by atoms with Gasteiger partial charge in [-0.05, 0) is 58.1 Å². The quantitative estimate of drug-likeness (QED) is 0.161. The van der Waals surface area contributed by atoms with E-state index in [9.17, 15) is 0 Å². The predicted molar refractivity (Wildman–Crippen MR) is 254 cm³/mol. The fourth-order valence-electron chi connectivity index (χ4n) is 9.00. The summed E-state index contributed by atoms with van der Waals surface area (Å²) in [5.41, 5.74) is 14.5. The maximum atomic E-state index is 6.69. The van der Waals surface area contributed by atoms with E-state index >= 15 is 0 Å². The third-order valence-corrected chi connectivity index (χ3v) is 11.9. The van der Waals surface area contributed by atoms with Gasteiger partial charge in [-0.25, -0.2) is 15.0 Å². The topological polar surface area (TPSA) is 56.7 Å². The molecular formula is C57H36N4O. The molecule has 0 unspecified atom stereocenters. The molecule has 0 radical (unpaired) electrons. The number of rotatable bonds is 7. The molecule has 9 aromatic carbocycles. The van der Waals surface area contributed by atoms with E-state index in [1.165, 1.54) is 21.9 Å². The van der Waals surface area contributed by atoms with Crippen molar-refractivity contribution in [2.24, 2.45) is 0 Å². The van der Waals surface area contributed by atoms with Gasteiger partial charge >= 0.3 is 0 Å². The van der Waals surface area contributed by atoms with E-state index in [1.54, 1.807) is 0 Å². The van der Waals surface area contributed by atoms with Crippen molar-refractivity contribution in [1.82, 2.24) is 19.5 Å². The molecular weight excluding hydrogens is 757 g/mol. The average Bonchev–Trinajstić information content (AvgIpc) is 3.91. The first kappa shape index (κ1) is 35.5. The van der Waals surface area contributed by atoms with Gasteiger partial charge in [0.15, 0.2) is 17.5 Å². The van der Waals surface area contributed by atoms with Crippen LogP contribution in [0.15, 0.2) is 223 Å². The largest absolute Gasteiger partial charge is 0.456 e. The van der Waals surface area contributed by atoms with Gasteiger partial charge < -0.3 is 8.98 Å². The van der Waals surface area contributed by atoms with Crippen LogP contribution in [-0.4, -0.2) is 19.5 Å². The molecule has 62 heavy (non-hydrogen) atoms. The van der Waals surface area contributed by atoms with Crippen LogP contribution < -0.4 is 0 Å². The number of hydrogen-bond acceptors (Lipinski definition) is 4. The number of aromatic nitrogens is 4. The second-order valence-corrected chi connectivity index (χ2v) is 15.5. The van der Waals surface area contributed by atoms with Gasteiger partial charge in [-0.3, -0.25) is 0 Å². The third kappa shape index (κ3) is 5.98. The number of nitrogens with zero attached hydrogens (tertiary/aromatic N) is 4. The second kappa shape index (κ2) is 14.7. The summed E-state index contributed by atoms with van der Waals surface area (Å²) in [6, 6.07) is 76.2. The van der Waals surface area contributed by atoms with E-state index in [0.717, 1.165) is 77.6 Å². The first-order valence-corrected chi connectivity index (χ1v) is 20.9. The van der Waals surface area contributed by atoms with Crippen LogP contribution in [0.1, 0.15) is 0 Å². The highest BCUT2D eigenvalue weighted by atomic mass is 16.3. The Hall–Kier alpha value is -8.41. The van der Waals surface area contributed by atoms with Crippen molar-refractivity contribution in [2.75, 3.05) is 0 Å². The van der Waals surface area contributed by atoms with Gasteiger partial charge in [0.25, 0.3) is 0 Å². The maximum absolute atomic E-state index is 6.69. The fourth-order valence-corrected chi connectivity index (χ4v) is 9.00. The molecule has 0 spiro atoms. The Morgan fingerprint density at radius 2 is 0.694 bits per heavy atom. The van der Waals surface area contributed by atoms with Gasteiger partial charge in [0, 0.05) is 43.8 Å². The zero-order chi connectivity index (χ0) is 41.0. The molecule has 5 nitrogen and oxygen atoms in total. The van der Waals surface area contributed by atoms with Crippen molar-refractivity contribution in [1.29, 1.82) is 0 Å². The molecule has 0 saturated carbocycles. The standard InChI is InChI=1S/C57H36N4O/c1-3-15-37(16-4-1)38-29-31-39(32-30-38)40-33-35-42(36-34-40)56-58-55(41-17-5-2-6-18-41)59-57(60-56)47-23-14-28-52-54(47)53-46(22-13-27-51(53)62-52)45-21-9-12-26-50(45)61-48-24-10-7-19-43(48)44-20-8-11-25-49(44)61/h1-36H. The molecule has 3 heterocycles. The molecule has 0 aliphatic heterocycles. The summed E-state index contributed by atoms with van der Waals surface area (Å²) in [5.74, 6) is 1.78. The van der Waals surface area contributed by atoms with Crippen LogP contribution in [0.5, 0.6) is 0 Å². The summed E-state index contributed by atoms with van der Waals surface area (Å²) in [6.45, 7) is 0. The van der Waals surface area contributed by atoms with Gasteiger partial charge in [0.05, 0.1) is 16.7 Å². The van der Waals surface area contributed by atoms with E-state index in [0.29, 0.717) is 17.5 Å². The predicted octanol–water partition coefficient (Wildman–Crippen LogP) is 14.9. The van der Waals surface area contributed by atoms with Crippen LogP contribution in [0.3, 0.4) is 0 Å². The van der Waals surface area contributed by atoms with Crippen LogP contribution in [0.4, 0.5) is 0 Å². The lowest BCUT2D eigenvalue weighted by Gasteiger charge is -2.15. The van der Waals surface area contributed by atoms with Crippen molar-refractivity contribution < 1.29 is 4.42 Å².